The summed E-state index contributed by atoms with van der Waals surface area (Å²) in [5.74, 6) is 0.978. The third-order valence-electron chi connectivity index (χ3n) is 5.53. The number of hydrogen-bond acceptors (Lipinski definition) is 6. The molecular weight excluding hydrogens is 362 g/mol. The molecule has 5 nitrogen and oxygen atoms in total. The Morgan fingerprint density at radius 2 is 2.00 bits per heavy atom. The maximum Gasteiger partial charge on any atom is 0.116 e. The molecule has 2 heterocycles. The average molecular weight is 390 g/mol. The lowest BCUT2D eigenvalue weighted by Crippen LogP contribution is -2.40. The number of hydrogen-bond donors (Lipinski definition) is 2. The molecule has 146 valence electrons. The molecule has 0 radical (unpaired) electrons. The van der Waals surface area contributed by atoms with Crippen molar-refractivity contribution in [3.05, 3.63) is 63.8 Å². The number of rotatable bonds is 5. The Hall–Kier alpha value is -1.92. The van der Waals surface area contributed by atoms with Crippen molar-refractivity contribution in [2.45, 2.75) is 56.4 Å². The molecule has 0 aliphatic carbocycles. The van der Waals surface area contributed by atoms with Crippen LogP contribution in [-0.4, -0.2) is 27.1 Å². The van der Waals surface area contributed by atoms with Crippen molar-refractivity contribution in [1.82, 2.24) is 4.98 Å². The average Bonchev–Trinajstić information content (AvgIpc) is 2.83. The van der Waals surface area contributed by atoms with Crippen molar-refractivity contribution in [1.29, 1.82) is 0 Å². The second-order valence-electron chi connectivity index (χ2n) is 7.01. The van der Waals surface area contributed by atoms with Crippen molar-refractivity contribution in [3.8, 4) is 5.75 Å². The molecule has 0 saturated carbocycles. The number of phenols is 1. The molecule has 0 saturated heterocycles. The Labute approximate surface area is 164 Å². The number of aromatic hydroxyl groups is 1. The zero-order chi connectivity index (χ0) is 19.9. The van der Waals surface area contributed by atoms with E-state index < -0.39 is 6.10 Å². The van der Waals surface area contributed by atoms with Crippen LogP contribution in [0.15, 0.2) is 47.5 Å². The number of unbranched alkanes of at least 4 members (excludes halogenated alkanes) is 1. The lowest BCUT2D eigenvalue weighted by Gasteiger charge is -2.39. The van der Waals surface area contributed by atoms with Gasteiger partial charge < -0.3 is 10.2 Å². The van der Waals surface area contributed by atoms with Crippen molar-refractivity contribution in [2.75, 3.05) is 5.75 Å². The highest BCUT2D eigenvalue weighted by Crippen LogP contribution is 2.50. The monoisotopic (exact) mass is 389 g/mol. The van der Waals surface area contributed by atoms with Gasteiger partial charge in [0.25, 0.3) is 0 Å². The minimum Gasteiger partial charge on any atom is -0.508 e. The number of pyridine rings is 1. The normalized spacial score (nSPS) is 24.3. The summed E-state index contributed by atoms with van der Waals surface area (Å²) in [5, 5.41) is 21.5. The molecular formula is C21H27NO4S. The molecule has 6 heteroatoms. The summed E-state index contributed by atoms with van der Waals surface area (Å²) in [6.07, 6.45) is 5.49. The van der Waals surface area contributed by atoms with Crippen molar-refractivity contribution in [3.63, 3.8) is 0 Å². The largest absolute Gasteiger partial charge is 0.508 e. The second kappa shape index (κ2) is 9.85. The Morgan fingerprint density at radius 1 is 1.22 bits per heavy atom. The number of fused-ring (bicyclic) bond motifs is 1. The molecule has 3 atom stereocenters. The van der Waals surface area contributed by atoms with E-state index >= 15 is 0 Å². The molecule has 0 bridgehead atoms. The fraction of sp³-hybridized carbons (Fsp3) is 0.476. The maximum atomic E-state index is 11.5. The Kier molecular flexibility index (Phi) is 7.80. The fourth-order valence-corrected chi connectivity index (χ4v) is 5.38. The number of nitrogens with zero attached hydrogens (tertiary/aromatic N) is 1. The maximum absolute atomic E-state index is 11.5. The highest BCUT2D eigenvalue weighted by molar-refractivity contribution is 7.99. The first kappa shape index (κ1) is 21.4. The van der Waals surface area contributed by atoms with Gasteiger partial charge in [0.2, 0.25) is 0 Å². The van der Waals surface area contributed by atoms with Gasteiger partial charge in [0.1, 0.15) is 5.75 Å². The van der Waals surface area contributed by atoms with Gasteiger partial charge in [-0.25, -0.2) is 0 Å². The highest BCUT2D eigenvalue weighted by Gasteiger charge is 2.44. The summed E-state index contributed by atoms with van der Waals surface area (Å²) in [6.45, 7) is 4.38. The number of thioether (sulfide) groups is 1. The number of aliphatic hydroxyl groups is 1. The lowest BCUT2D eigenvalue weighted by molar-refractivity contribution is 0.0174. The van der Waals surface area contributed by atoms with Gasteiger partial charge in [0, 0.05) is 32.2 Å². The van der Waals surface area contributed by atoms with E-state index in [1.165, 1.54) is 0 Å². The van der Waals surface area contributed by atoms with Gasteiger partial charge in [0.15, 0.2) is 0 Å². The highest BCUT2D eigenvalue weighted by atomic mass is 32.2. The zero-order valence-corrected chi connectivity index (χ0v) is 16.6. The molecule has 2 aromatic rings. The van der Waals surface area contributed by atoms with E-state index in [1.807, 2.05) is 30.3 Å². The van der Waals surface area contributed by atoms with E-state index in [0.717, 1.165) is 47.6 Å². The predicted molar refractivity (Wildman–Crippen MR) is 110 cm³/mol. The van der Waals surface area contributed by atoms with E-state index in [0.29, 0.717) is 0 Å². The van der Waals surface area contributed by atoms with Crippen molar-refractivity contribution >= 4 is 11.8 Å². The number of phenolic OH excluding ortho intramolecular Hbond substituents is 1. The Morgan fingerprint density at radius 3 is 2.63 bits per heavy atom. The molecule has 1 aromatic heterocycles. The molecule has 1 aliphatic heterocycles. The van der Waals surface area contributed by atoms with Crippen LogP contribution in [0.2, 0.25) is 0 Å². The van der Waals surface area contributed by atoms with E-state index in [9.17, 15) is 10.2 Å². The minimum atomic E-state index is -0.489. The number of aromatic nitrogens is 1. The van der Waals surface area contributed by atoms with Crippen LogP contribution in [0.1, 0.15) is 56.7 Å². The van der Waals surface area contributed by atoms with Crippen LogP contribution in [0.5, 0.6) is 5.75 Å². The molecule has 0 spiro atoms. The first-order valence-electron chi connectivity index (χ1n) is 9.32. The van der Waals surface area contributed by atoms with Gasteiger partial charge in [-0.2, -0.15) is 0 Å². The standard InChI is InChI=1S/C21H27NO2S.O2/c1-3-5-11-21(4-2)14-25-18-13-15(23)9-10-16(18)19(20(21)24)17-8-6-7-12-22-17;1-2/h6-10,12-13,19-20,23-24H,3-5,11,14H2,1-2H3;/t19-,20+,21?;/m0./s1. The quantitative estimate of drug-likeness (QED) is 0.745. The minimum absolute atomic E-state index is 0.141. The molecule has 1 aromatic carbocycles. The zero-order valence-electron chi connectivity index (χ0n) is 15.8. The van der Waals surface area contributed by atoms with E-state index in [-0.39, 0.29) is 17.1 Å². The molecule has 3 rings (SSSR count). The van der Waals surface area contributed by atoms with Gasteiger partial charge >= 0.3 is 0 Å². The topological polar surface area (TPSA) is 87.5 Å². The first-order chi connectivity index (χ1) is 13.1. The predicted octanol–water partition coefficient (Wildman–Crippen LogP) is 5.04. The van der Waals surface area contributed by atoms with E-state index in [4.69, 9.17) is 9.93 Å². The van der Waals surface area contributed by atoms with Crippen LogP contribution >= 0.6 is 11.8 Å². The summed E-state index contributed by atoms with van der Waals surface area (Å²) in [6, 6.07) is 11.4. The lowest BCUT2D eigenvalue weighted by atomic mass is 9.70. The smallest absolute Gasteiger partial charge is 0.116 e. The van der Waals surface area contributed by atoms with Gasteiger partial charge in [0.05, 0.1) is 17.7 Å². The Bertz CT molecular complexity index is 727. The first-order valence-corrected chi connectivity index (χ1v) is 10.3. The molecule has 1 unspecified atom stereocenters. The van der Waals surface area contributed by atoms with Gasteiger partial charge in [-0.15, -0.1) is 11.8 Å². The number of aliphatic hydroxyl groups excluding tert-OH is 1. The molecule has 0 fully saturated rings. The number of benzene rings is 1. The van der Waals surface area contributed by atoms with Crippen LogP contribution in [-0.2, 0) is 0 Å². The van der Waals surface area contributed by atoms with Gasteiger partial charge in [-0.1, -0.05) is 38.8 Å². The van der Waals surface area contributed by atoms with E-state index in [1.54, 1.807) is 24.0 Å². The molecule has 27 heavy (non-hydrogen) atoms. The molecule has 2 N–H and O–H groups in total. The summed E-state index contributed by atoms with van der Waals surface area (Å²) >= 11 is 1.76. The van der Waals surface area contributed by atoms with Gasteiger partial charge in [-0.05, 0) is 42.7 Å². The molecule has 0 amide bonds. The summed E-state index contributed by atoms with van der Waals surface area (Å²) in [5.41, 5.74) is 1.83. The van der Waals surface area contributed by atoms with Crippen LogP contribution in [0.3, 0.4) is 0 Å². The summed E-state index contributed by atoms with van der Waals surface area (Å²) in [4.78, 5) is 19.6. The SMILES string of the molecule is CCCCC1(CC)CSc2cc(O)ccc2[C@@H](c2ccccn2)[C@H]1O.O=O. The van der Waals surface area contributed by atoms with Crippen LogP contribution in [0.25, 0.3) is 0 Å². The molecule has 1 aliphatic rings. The van der Waals surface area contributed by atoms with Crippen LogP contribution in [0, 0.1) is 15.3 Å². The summed E-state index contributed by atoms with van der Waals surface area (Å²) in [7, 11) is 0. The van der Waals surface area contributed by atoms with E-state index in [2.05, 4.69) is 18.8 Å². The second-order valence-corrected chi connectivity index (χ2v) is 8.02. The van der Waals surface area contributed by atoms with Crippen molar-refractivity contribution in [2.24, 2.45) is 5.41 Å². The van der Waals surface area contributed by atoms with Crippen LogP contribution < -0.4 is 0 Å². The van der Waals surface area contributed by atoms with Crippen molar-refractivity contribution < 1.29 is 10.2 Å². The third kappa shape index (κ3) is 4.50. The fourth-order valence-electron chi connectivity index (χ4n) is 3.85. The third-order valence-corrected chi connectivity index (χ3v) is 6.91. The summed E-state index contributed by atoms with van der Waals surface area (Å²) < 4.78 is 0. The Balaban J connectivity index is 0.00000126. The van der Waals surface area contributed by atoms with Gasteiger partial charge in [-0.3, -0.25) is 4.98 Å². The van der Waals surface area contributed by atoms with Crippen LogP contribution in [0.4, 0.5) is 0 Å².